The SMILES string of the molecule is CCCC(=O)Nc1nncs1. The molecule has 0 spiro atoms. The third-order valence-corrected chi connectivity index (χ3v) is 1.69. The van der Waals surface area contributed by atoms with E-state index in [1.54, 1.807) is 5.51 Å². The first kappa shape index (κ1) is 8.13. The molecule has 1 amide bonds. The van der Waals surface area contributed by atoms with Crippen LogP contribution in [-0.4, -0.2) is 16.1 Å². The van der Waals surface area contributed by atoms with Gasteiger partial charge in [-0.15, -0.1) is 10.2 Å². The highest BCUT2D eigenvalue weighted by molar-refractivity contribution is 7.13. The summed E-state index contributed by atoms with van der Waals surface area (Å²) in [6, 6.07) is 0. The third-order valence-electron chi connectivity index (χ3n) is 1.08. The maximum Gasteiger partial charge on any atom is 0.226 e. The lowest BCUT2D eigenvalue weighted by Gasteiger charge is -1.96. The maximum atomic E-state index is 10.9. The maximum absolute atomic E-state index is 10.9. The molecule has 1 rings (SSSR count). The van der Waals surface area contributed by atoms with E-state index < -0.39 is 0 Å². The van der Waals surface area contributed by atoms with Crippen LogP contribution >= 0.6 is 11.3 Å². The highest BCUT2D eigenvalue weighted by Gasteiger charge is 2.01. The van der Waals surface area contributed by atoms with E-state index in [0.29, 0.717) is 11.6 Å². The number of nitrogens with zero attached hydrogens (tertiary/aromatic N) is 2. The van der Waals surface area contributed by atoms with Crippen molar-refractivity contribution in [1.82, 2.24) is 10.2 Å². The molecule has 0 unspecified atom stereocenters. The van der Waals surface area contributed by atoms with Crippen LogP contribution in [0.5, 0.6) is 0 Å². The largest absolute Gasteiger partial charge is 0.301 e. The van der Waals surface area contributed by atoms with Crippen molar-refractivity contribution in [2.75, 3.05) is 5.32 Å². The van der Waals surface area contributed by atoms with E-state index in [-0.39, 0.29) is 5.91 Å². The van der Waals surface area contributed by atoms with Gasteiger partial charge in [0.1, 0.15) is 5.51 Å². The molecule has 4 nitrogen and oxygen atoms in total. The fraction of sp³-hybridized carbons (Fsp3) is 0.500. The number of nitrogens with one attached hydrogen (secondary N) is 1. The number of amides is 1. The van der Waals surface area contributed by atoms with Gasteiger partial charge in [0.05, 0.1) is 0 Å². The lowest BCUT2D eigenvalue weighted by atomic mass is 10.3. The normalized spacial score (nSPS) is 9.55. The molecule has 0 aromatic carbocycles. The molecule has 0 saturated carbocycles. The van der Waals surface area contributed by atoms with Crippen LogP contribution in [0.1, 0.15) is 19.8 Å². The van der Waals surface area contributed by atoms with Crippen molar-refractivity contribution in [3.8, 4) is 0 Å². The topological polar surface area (TPSA) is 54.9 Å². The van der Waals surface area contributed by atoms with Gasteiger partial charge in [0, 0.05) is 6.42 Å². The summed E-state index contributed by atoms with van der Waals surface area (Å²) in [5.74, 6) is 0.00394. The molecule has 0 aliphatic carbocycles. The monoisotopic (exact) mass is 171 g/mol. The Kier molecular flexibility index (Phi) is 2.97. The second-order valence-corrected chi connectivity index (χ2v) is 2.88. The van der Waals surface area contributed by atoms with Gasteiger partial charge in [-0.25, -0.2) is 0 Å². The second kappa shape index (κ2) is 4.02. The predicted molar refractivity (Wildman–Crippen MR) is 43.4 cm³/mol. The number of aromatic nitrogens is 2. The highest BCUT2D eigenvalue weighted by atomic mass is 32.1. The van der Waals surface area contributed by atoms with E-state index in [0.717, 1.165) is 6.42 Å². The fourth-order valence-electron chi connectivity index (χ4n) is 0.636. The van der Waals surface area contributed by atoms with Crippen molar-refractivity contribution in [2.45, 2.75) is 19.8 Å². The van der Waals surface area contributed by atoms with E-state index in [1.165, 1.54) is 11.3 Å². The van der Waals surface area contributed by atoms with Crippen molar-refractivity contribution in [1.29, 1.82) is 0 Å². The van der Waals surface area contributed by atoms with Crippen LogP contribution in [0, 0.1) is 0 Å². The third kappa shape index (κ3) is 2.63. The Morgan fingerprint density at radius 1 is 1.82 bits per heavy atom. The quantitative estimate of drug-likeness (QED) is 0.745. The molecule has 1 heterocycles. The molecule has 1 aromatic heterocycles. The molecular formula is C6H9N3OS. The number of rotatable bonds is 3. The number of hydrogen-bond acceptors (Lipinski definition) is 4. The van der Waals surface area contributed by atoms with Crippen LogP contribution in [-0.2, 0) is 4.79 Å². The van der Waals surface area contributed by atoms with Crippen LogP contribution in [0.25, 0.3) is 0 Å². The zero-order valence-electron chi connectivity index (χ0n) is 6.20. The Morgan fingerprint density at radius 3 is 3.18 bits per heavy atom. The summed E-state index contributed by atoms with van der Waals surface area (Å²) >= 11 is 1.32. The van der Waals surface area contributed by atoms with Gasteiger partial charge in [0.25, 0.3) is 0 Å². The minimum absolute atomic E-state index is 0.00394. The first-order chi connectivity index (χ1) is 5.33. The predicted octanol–water partition coefficient (Wildman–Crippen LogP) is 1.28. The number of carbonyl (C=O) groups is 1. The summed E-state index contributed by atoms with van der Waals surface area (Å²) in [6.07, 6.45) is 1.39. The first-order valence-corrected chi connectivity index (χ1v) is 4.27. The van der Waals surface area contributed by atoms with Gasteiger partial charge in [-0.05, 0) is 6.42 Å². The molecule has 1 N–H and O–H groups in total. The average Bonchev–Trinajstić information content (AvgIpc) is 2.40. The van der Waals surface area contributed by atoms with Gasteiger partial charge in [0.15, 0.2) is 0 Å². The molecule has 0 radical (unpaired) electrons. The smallest absolute Gasteiger partial charge is 0.226 e. The lowest BCUT2D eigenvalue weighted by molar-refractivity contribution is -0.116. The summed E-state index contributed by atoms with van der Waals surface area (Å²) in [7, 11) is 0. The van der Waals surface area contributed by atoms with Gasteiger partial charge in [-0.1, -0.05) is 18.3 Å². The van der Waals surface area contributed by atoms with Crippen LogP contribution in [0.3, 0.4) is 0 Å². The zero-order valence-corrected chi connectivity index (χ0v) is 7.02. The Morgan fingerprint density at radius 2 is 2.64 bits per heavy atom. The Labute approximate surface area is 68.7 Å². The molecule has 0 bridgehead atoms. The number of carbonyl (C=O) groups excluding carboxylic acids is 1. The minimum atomic E-state index is 0.00394. The first-order valence-electron chi connectivity index (χ1n) is 3.39. The van der Waals surface area contributed by atoms with E-state index >= 15 is 0 Å². The lowest BCUT2D eigenvalue weighted by Crippen LogP contribution is -2.10. The van der Waals surface area contributed by atoms with Gasteiger partial charge in [0.2, 0.25) is 11.0 Å². The van der Waals surface area contributed by atoms with E-state index in [2.05, 4.69) is 15.5 Å². The average molecular weight is 171 g/mol. The number of anilines is 1. The highest BCUT2D eigenvalue weighted by Crippen LogP contribution is 2.08. The molecule has 0 aliphatic heterocycles. The van der Waals surface area contributed by atoms with Gasteiger partial charge in [-0.2, -0.15) is 0 Å². The molecular weight excluding hydrogens is 162 g/mol. The zero-order chi connectivity index (χ0) is 8.10. The molecule has 1 aromatic rings. The summed E-state index contributed by atoms with van der Waals surface area (Å²) in [5.41, 5.74) is 1.58. The molecule has 0 saturated heterocycles. The van der Waals surface area contributed by atoms with E-state index in [9.17, 15) is 4.79 Å². The minimum Gasteiger partial charge on any atom is -0.301 e. The van der Waals surface area contributed by atoms with Crippen LogP contribution in [0.4, 0.5) is 5.13 Å². The van der Waals surface area contributed by atoms with Gasteiger partial charge >= 0.3 is 0 Å². The van der Waals surface area contributed by atoms with E-state index in [4.69, 9.17) is 0 Å². The molecule has 0 aliphatic rings. The molecule has 11 heavy (non-hydrogen) atoms. The van der Waals surface area contributed by atoms with Gasteiger partial charge < -0.3 is 5.32 Å². The standard InChI is InChI=1S/C6H9N3OS/c1-2-3-5(10)8-6-9-7-4-11-6/h4H,2-3H2,1H3,(H,8,9,10). The second-order valence-electron chi connectivity index (χ2n) is 2.04. The van der Waals surface area contributed by atoms with Crippen molar-refractivity contribution >= 4 is 22.4 Å². The van der Waals surface area contributed by atoms with Gasteiger partial charge in [-0.3, -0.25) is 4.79 Å². The van der Waals surface area contributed by atoms with Crippen LogP contribution < -0.4 is 5.32 Å². The van der Waals surface area contributed by atoms with Crippen molar-refractivity contribution in [3.05, 3.63) is 5.51 Å². The fourth-order valence-corrected chi connectivity index (χ4v) is 1.10. The molecule has 60 valence electrons. The summed E-state index contributed by atoms with van der Waals surface area (Å²) < 4.78 is 0. The Balaban J connectivity index is 2.37. The molecule has 5 heteroatoms. The summed E-state index contributed by atoms with van der Waals surface area (Å²) in [4.78, 5) is 10.9. The van der Waals surface area contributed by atoms with Crippen LogP contribution in [0.15, 0.2) is 5.51 Å². The Hall–Kier alpha value is -0.970. The van der Waals surface area contributed by atoms with Crippen LogP contribution in [0.2, 0.25) is 0 Å². The number of hydrogen-bond donors (Lipinski definition) is 1. The molecule has 0 fully saturated rings. The summed E-state index contributed by atoms with van der Waals surface area (Å²) in [6.45, 7) is 1.96. The van der Waals surface area contributed by atoms with Crippen molar-refractivity contribution in [2.24, 2.45) is 0 Å². The summed E-state index contributed by atoms with van der Waals surface area (Å²) in [5, 5.41) is 10.5. The Bertz CT molecular complexity index is 222. The van der Waals surface area contributed by atoms with Crippen molar-refractivity contribution in [3.63, 3.8) is 0 Å². The van der Waals surface area contributed by atoms with Crippen molar-refractivity contribution < 1.29 is 4.79 Å². The van der Waals surface area contributed by atoms with E-state index in [1.807, 2.05) is 6.92 Å². The molecule has 0 atom stereocenters.